The molecule has 1 saturated carbocycles. The second kappa shape index (κ2) is 6.04. The van der Waals surface area contributed by atoms with Gasteiger partial charge in [-0.1, -0.05) is 36.9 Å². The number of carbonyl (C=O) groups is 1. The average molecular weight is 320 g/mol. The van der Waals surface area contributed by atoms with Crippen molar-refractivity contribution in [2.24, 2.45) is 0 Å². The Balaban J connectivity index is 1.71. The molecule has 0 radical (unpaired) electrons. The number of hydrogen-bond acceptors (Lipinski definition) is 3. The molecule has 0 unspecified atom stereocenters. The Morgan fingerprint density at radius 2 is 2.04 bits per heavy atom. The fourth-order valence-corrected chi connectivity index (χ4v) is 3.17. The third-order valence-electron chi connectivity index (χ3n) is 4.44. The van der Waals surface area contributed by atoms with Crippen LogP contribution in [0.3, 0.4) is 0 Å². The molecule has 4 nitrogen and oxygen atoms in total. The van der Waals surface area contributed by atoms with Crippen molar-refractivity contribution in [1.82, 2.24) is 4.90 Å². The largest absolute Gasteiger partial charge is 0.490 e. The first-order valence-corrected chi connectivity index (χ1v) is 8.30. The van der Waals surface area contributed by atoms with Gasteiger partial charge < -0.3 is 15.0 Å². The first kappa shape index (κ1) is 14.8. The van der Waals surface area contributed by atoms with E-state index in [1.807, 2.05) is 53.4 Å². The van der Waals surface area contributed by atoms with Crippen LogP contribution in [0.4, 0.5) is 5.69 Å². The zero-order valence-corrected chi connectivity index (χ0v) is 13.4. The Hall–Kier alpha value is -2.75. The maximum atomic E-state index is 13.0. The number of amides is 1. The number of nitrogens with one attached hydrogen (secondary N) is 1. The van der Waals surface area contributed by atoms with Gasteiger partial charge in [0.2, 0.25) is 0 Å². The van der Waals surface area contributed by atoms with Crippen molar-refractivity contribution in [2.45, 2.75) is 25.0 Å². The van der Waals surface area contributed by atoms with Gasteiger partial charge in [-0.25, -0.2) is 0 Å². The fraction of sp³-hybridized carbons (Fsp3) is 0.250. The molecule has 1 heterocycles. The third kappa shape index (κ3) is 2.64. The molecule has 1 fully saturated rings. The standard InChI is InChI=1S/C20H20N2O2/c1-2-12-24-16-7-5-6-14(13-16)19-21-18-9-4-3-8-17(18)20(23)22(19)15-10-11-15/h2-9,13,15,19,21H,1,10-12H2/t19-/m1/s1. The van der Waals surface area contributed by atoms with Crippen molar-refractivity contribution in [3.63, 3.8) is 0 Å². The topological polar surface area (TPSA) is 41.6 Å². The Morgan fingerprint density at radius 3 is 2.83 bits per heavy atom. The fourth-order valence-electron chi connectivity index (χ4n) is 3.17. The van der Waals surface area contributed by atoms with Gasteiger partial charge in [0.25, 0.3) is 5.91 Å². The number of benzene rings is 2. The molecule has 4 heteroatoms. The Kier molecular flexibility index (Phi) is 3.73. The monoisotopic (exact) mass is 320 g/mol. The molecular formula is C20H20N2O2. The van der Waals surface area contributed by atoms with Crippen LogP contribution in [0.1, 0.15) is 34.9 Å². The Bertz CT molecular complexity index is 783. The molecule has 24 heavy (non-hydrogen) atoms. The van der Waals surface area contributed by atoms with Crippen molar-refractivity contribution >= 4 is 11.6 Å². The van der Waals surface area contributed by atoms with Crippen molar-refractivity contribution in [2.75, 3.05) is 11.9 Å². The maximum Gasteiger partial charge on any atom is 0.258 e. The van der Waals surface area contributed by atoms with Gasteiger partial charge in [0.1, 0.15) is 18.5 Å². The van der Waals surface area contributed by atoms with Crippen molar-refractivity contribution in [3.8, 4) is 5.75 Å². The lowest BCUT2D eigenvalue weighted by Crippen LogP contribution is -2.44. The minimum Gasteiger partial charge on any atom is -0.490 e. The summed E-state index contributed by atoms with van der Waals surface area (Å²) in [6.07, 6.45) is 3.70. The van der Waals surface area contributed by atoms with E-state index in [0.717, 1.165) is 35.4 Å². The number of rotatable bonds is 5. The normalized spacial score (nSPS) is 19.4. The van der Waals surface area contributed by atoms with Crippen LogP contribution in [0.5, 0.6) is 5.75 Å². The summed E-state index contributed by atoms with van der Waals surface area (Å²) in [6, 6.07) is 16.0. The summed E-state index contributed by atoms with van der Waals surface area (Å²) in [5, 5.41) is 3.53. The molecule has 0 spiro atoms. The summed E-state index contributed by atoms with van der Waals surface area (Å²) >= 11 is 0. The molecule has 2 aromatic rings. The van der Waals surface area contributed by atoms with E-state index in [4.69, 9.17) is 4.74 Å². The predicted molar refractivity (Wildman–Crippen MR) is 94.1 cm³/mol. The number of hydrogen-bond donors (Lipinski definition) is 1. The third-order valence-corrected chi connectivity index (χ3v) is 4.44. The smallest absolute Gasteiger partial charge is 0.258 e. The molecule has 2 aromatic carbocycles. The van der Waals surface area contributed by atoms with Gasteiger partial charge in [0.15, 0.2) is 0 Å². The van der Waals surface area contributed by atoms with Gasteiger partial charge in [-0.2, -0.15) is 0 Å². The van der Waals surface area contributed by atoms with E-state index >= 15 is 0 Å². The summed E-state index contributed by atoms with van der Waals surface area (Å²) in [5.74, 6) is 0.894. The second-order valence-corrected chi connectivity index (χ2v) is 6.21. The average Bonchev–Trinajstić information content (AvgIpc) is 3.45. The zero-order chi connectivity index (χ0) is 16.5. The molecule has 0 bridgehead atoms. The molecule has 4 rings (SSSR count). The van der Waals surface area contributed by atoms with Gasteiger partial charge >= 0.3 is 0 Å². The van der Waals surface area contributed by atoms with Crippen LogP contribution in [0.15, 0.2) is 61.2 Å². The van der Waals surface area contributed by atoms with Crippen molar-refractivity contribution < 1.29 is 9.53 Å². The van der Waals surface area contributed by atoms with Crippen LogP contribution in [-0.2, 0) is 0 Å². The molecule has 2 aliphatic rings. The van der Waals surface area contributed by atoms with Crippen LogP contribution < -0.4 is 10.1 Å². The van der Waals surface area contributed by atoms with Crippen LogP contribution in [-0.4, -0.2) is 23.5 Å². The van der Waals surface area contributed by atoms with E-state index in [9.17, 15) is 4.79 Å². The first-order chi connectivity index (χ1) is 11.8. The van der Waals surface area contributed by atoms with E-state index in [2.05, 4.69) is 11.9 Å². The number of carbonyl (C=O) groups excluding carboxylic acids is 1. The Morgan fingerprint density at radius 1 is 1.21 bits per heavy atom. The molecule has 1 amide bonds. The lowest BCUT2D eigenvalue weighted by molar-refractivity contribution is 0.0666. The van der Waals surface area contributed by atoms with E-state index in [0.29, 0.717) is 12.6 Å². The quantitative estimate of drug-likeness (QED) is 0.847. The first-order valence-electron chi connectivity index (χ1n) is 8.30. The molecule has 0 saturated heterocycles. The molecule has 1 aliphatic carbocycles. The lowest BCUT2D eigenvalue weighted by Gasteiger charge is -2.38. The van der Waals surface area contributed by atoms with Gasteiger partial charge in [-0.15, -0.1) is 0 Å². The van der Waals surface area contributed by atoms with E-state index in [-0.39, 0.29) is 12.1 Å². The highest BCUT2D eigenvalue weighted by molar-refractivity contribution is 6.02. The Labute approximate surface area is 141 Å². The summed E-state index contributed by atoms with van der Waals surface area (Å²) < 4.78 is 5.65. The van der Waals surface area contributed by atoms with Gasteiger partial charge in [0, 0.05) is 11.7 Å². The molecule has 1 atom stereocenters. The molecule has 0 aromatic heterocycles. The van der Waals surface area contributed by atoms with Gasteiger partial charge in [-0.3, -0.25) is 4.79 Å². The van der Waals surface area contributed by atoms with E-state index in [1.165, 1.54) is 0 Å². The molecule has 1 N–H and O–H groups in total. The lowest BCUT2D eigenvalue weighted by atomic mass is 10.0. The molecule has 1 aliphatic heterocycles. The zero-order valence-electron chi connectivity index (χ0n) is 13.4. The van der Waals surface area contributed by atoms with Gasteiger partial charge in [-0.05, 0) is 42.7 Å². The van der Waals surface area contributed by atoms with Gasteiger partial charge in [0.05, 0.1) is 5.56 Å². The summed E-state index contributed by atoms with van der Waals surface area (Å²) in [4.78, 5) is 15.0. The summed E-state index contributed by atoms with van der Waals surface area (Å²) in [7, 11) is 0. The molecular weight excluding hydrogens is 300 g/mol. The minimum atomic E-state index is -0.160. The SMILES string of the molecule is C=CCOc1cccc([C@@H]2Nc3ccccc3C(=O)N2C2CC2)c1. The van der Waals surface area contributed by atoms with E-state index < -0.39 is 0 Å². The number of para-hydroxylation sites is 1. The number of ether oxygens (including phenoxy) is 1. The predicted octanol–water partition coefficient (Wildman–Crippen LogP) is 3.98. The highest BCUT2D eigenvalue weighted by Gasteiger charge is 2.42. The second-order valence-electron chi connectivity index (χ2n) is 6.21. The number of anilines is 1. The highest BCUT2D eigenvalue weighted by atomic mass is 16.5. The van der Waals surface area contributed by atoms with Crippen molar-refractivity contribution in [3.05, 3.63) is 72.3 Å². The van der Waals surface area contributed by atoms with Crippen LogP contribution >= 0.6 is 0 Å². The summed E-state index contributed by atoms with van der Waals surface area (Å²) in [6.45, 7) is 4.14. The van der Waals surface area contributed by atoms with Crippen LogP contribution in [0.2, 0.25) is 0 Å². The highest BCUT2D eigenvalue weighted by Crippen LogP contribution is 2.41. The van der Waals surface area contributed by atoms with Crippen LogP contribution in [0.25, 0.3) is 0 Å². The number of fused-ring (bicyclic) bond motifs is 1. The van der Waals surface area contributed by atoms with E-state index in [1.54, 1.807) is 6.08 Å². The maximum absolute atomic E-state index is 13.0. The minimum absolute atomic E-state index is 0.106. The molecule has 122 valence electrons. The summed E-state index contributed by atoms with van der Waals surface area (Å²) in [5.41, 5.74) is 2.67. The van der Waals surface area contributed by atoms with Crippen LogP contribution in [0, 0.1) is 0 Å². The number of nitrogens with zero attached hydrogens (tertiary/aromatic N) is 1. The van der Waals surface area contributed by atoms with Crippen molar-refractivity contribution in [1.29, 1.82) is 0 Å².